The number of rotatable bonds is 7. The van der Waals surface area contributed by atoms with Crippen molar-refractivity contribution in [2.24, 2.45) is 5.73 Å². The summed E-state index contributed by atoms with van der Waals surface area (Å²) in [5, 5.41) is 1.73. The second-order valence-electron chi connectivity index (χ2n) is 4.84. The minimum absolute atomic E-state index is 0.0177. The van der Waals surface area contributed by atoms with E-state index in [9.17, 15) is 19.2 Å². The zero-order valence-electron chi connectivity index (χ0n) is 12.8. The van der Waals surface area contributed by atoms with Crippen molar-refractivity contribution in [3.8, 4) is 5.75 Å². The maximum Gasteiger partial charge on any atom is 0.372 e. The maximum absolute atomic E-state index is 11.7. The van der Waals surface area contributed by atoms with E-state index in [0.717, 1.165) is 17.3 Å². The number of nitrogens with one attached hydrogen (secondary N) is 1. The molecule has 0 fully saturated rings. The number of primary amides is 1. The highest BCUT2D eigenvalue weighted by molar-refractivity contribution is 8.13. The van der Waals surface area contributed by atoms with E-state index in [2.05, 4.69) is 5.32 Å². The van der Waals surface area contributed by atoms with E-state index in [1.165, 1.54) is 13.8 Å². The van der Waals surface area contributed by atoms with Crippen molar-refractivity contribution in [2.75, 3.05) is 5.75 Å². The largest absolute Gasteiger partial charge is 0.418 e. The van der Waals surface area contributed by atoms with Crippen LogP contribution in [0.1, 0.15) is 19.4 Å². The molecular formula is C15H18N2O5S. The molecule has 7 nitrogen and oxygen atoms in total. The topological polar surface area (TPSA) is 116 Å². The smallest absolute Gasteiger partial charge is 0.372 e. The van der Waals surface area contributed by atoms with Gasteiger partial charge in [0, 0.05) is 19.1 Å². The molecule has 0 aliphatic rings. The van der Waals surface area contributed by atoms with Gasteiger partial charge in [0.25, 0.3) is 0 Å². The van der Waals surface area contributed by atoms with E-state index in [1.54, 1.807) is 24.3 Å². The summed E-state index contributed by atoms with van der Waals surface area (Å²) in [6.45, 7) is 2.75. The van der Waals surface area contributed by atoms with Gasteiger partial charge in [-0.1, -0.05) is 12.1 Å². The highest BCUT2D eigenvalue weighted by Gasteiger charge is 2.19. The predicted molar refractivity (Wildman–Crippen MR) is 86.1 cm³/mol. The molecule has 0 radical (unpaired) electrons. The second-order valence-corrected chi connectivity index (χ2v) is 5.80. The zero-order chi connectivity index (χ0) is 17.4. The number of nitrogens with two attached hydrogens (primary N) is 1. The van der Waals surface area contributed by atoms with Gasteiger partial charge in [-0.15, -0.1) is 0 Å². The Labute approximate surface area is 137 Å². The molecule has 3 N–H and O–H groups in total. The third kappa shape index (κ3) is 7.46. The fourth-order valence-electron chi connectivity index (χ4n) is 1.68. The number of amides is 2. The molecule has 0 aliphatic carbocycles. The van der Waals surface area contributed by atoms with Gasteiger partial charge < -0.3 is 15.8 Å². The van der Waals surface area contributed by atoms with Gasteiger partial charge in [-0.25, -0.2) is 4.79 Å². The average Bonchev–Trinajstić information content (AvgIpc) is 2.44. The lowest BCUT2D eigenvalue weighted by Crippen LogP contribution is -2.45. The number of hydrogen-bond acceptors (Lipinski definition) is 6. The molecule has 0 unspecified atom stereocenters. The van der Waals surface area contributed by atoms with Gasteiger partial charge in [-0.2, -0.15) is 0 Å². The minimum atomic E-state index is -0.942. The fourth-order valence-corrected chi connectivity index (χ4v) is 2.39. The maximum atomic E-state index is 11.7. The molecule has 0 saturated carbocycles. The van der Waals surface area contributed by atoms with Gasteiger partial charge in [-0.3, -0.25) is 14.4 Å². The number of carbonyl (C=O) groups excluding carboxylic acids is 4. The molecule has 1 rings (SSSR count). The summed E-state index contributed by atoms with van der Waals surface area (Å²) in [5.74, 6) is -0.792. The first-order chi connectivity index (χ1) is 10.8. The first-order valence-corrected chi connectivity index (χ1v) is 7.76. The molecule has 0 bridgehead atoms. The summed E-state index contributed by atoms with van der Waals surface area (Å²) in [6.07, 6.45) is 0.319. The summed E-state index contributed by atoms with van der Waals surface area (Å²) >= 11 is 0.734. The second kappa shape index (κ2) is 8.94. The first kappa shape index (κ1) is 18.7. The lowest BCUT2D eigenvalue weighted by molar-refractivity contribution is -0.125. The van der Waals surface area contributed by atoms with Crippen LogP contribution < -0.4 is 15.8 Å². The number of ketones is 1. The standard InChI is InChI=1S/C15H18N2O5S/c1-9(18)7-11-3-5-12(6-4-11)22-15(21)23-8-13(14(16)20)17-10(2)19/h3-6,13H,7-8H2,1-2H3,(H2,16,20)(H,17,19)/t13-/m1/s1. The zero-order valence-corrected chi connectivity index (χ0v) is 13.6. The molecule has 2 amide bonds. The minimum Gasteiger partial charge on any atom is -0.418 e. The molecule has 8 heteroatoms. The summed E-state index contributed by atoms with van der Waals surface area (Å²) in [5.41, 5.74) is 5.96. The van der Waals surface area contributed by atoms with Gasteiger partial charge in [0.1, 0.15) is 17.6 Å². The van der Waals surface area contributed by atoms with Crippen LogP contribution in [0, 0.1) is 0 Å². The van der Waals surface area contributed by atoms with Gasteiger partial charge in [0.05, 0.1) is 0 Å². The van der Waals surface area contributed by atoms with Crippen LogP contribution in [0.15, 0.2) is 24.3 Å². The summed E-state index contributed by atoms with van der Waals surface area (Å²) < 4.78 is 5.08. The molecule has 1 atom stereocenters. The number of Topliss-reactive ketones (excluding diaryl/α,β-unsaturated/α-hetero) is 1. The van der Waals surface area contributed by atoms with Crippen molar-refractivity contribution in [1.82, 2.24) is 5.32 Å². The molecule has 0 saturated heterocycles. The van der Waals surface area contributed by atoms with Crippen molar-refractivity contribution in [3.05, 3.63) is 29.8 Å². The van der Waals surface area contributed by atoms with Crippen molar-refractivity contribution in [3.63, 3.8) is 0 Å². The Balaban J connectivity index is 2.51. The number of ether oxygens (including phenoxy) is 1. The van der Waals surface area contributed by atoms with E-state index in [0.29, 0.717) is 12.2 Å². The van der Waals surface area contributed by atoms with Crippen LogP contribution in [0.25, 0.3) is 0 Å². The van der Waals surface area contributed by atoms with Crippen LogP contribution in [0.3, 0.4) is 0 Å². The monoisotopic (exact) mass is 338 g/mol. The Morgan fingerprint density at radius 2 is 1.78 bits per heavy atom. The Hall–Kier alpha value is -2.35. The van der Waals surface area contributed by atoms with Crippen molar-refractivity contribution < 1.29 is 23.9 Å². The Kier molecular flexibility index (Phi) is 7.27. The number of carbonyl (C=O) groups is 4. The molecule has 124 valence electrons. The van der Waals surface area contributed by atoms with Gasteiger partial charge in [0.15, 0.2) is 0 Å². The molecule has 0 spiro atoms. The highest BCUT2D eigenvalue weighted by atomic mass is 32.2. The van der Waals surface area contributed by atoms with Crippen molar-refractivity contribution >= 4 is 34.7 Å². The lowest BCUT2D eigenvalue weighted by atomic mass is 10.1. The van der Waals surface area contributed by atoms with Crippen LogP contribution in [-0.2, 0) is 20.8 Å². The molecule has 0 heterocycles. The van der Waals surface area contributed by atoms with E-state index in [-0.39, 0.29) is 11.5 Å². The van der Waals surface area contributed by atoms with Crippen LogP contribution >= 0.6 is 11.8 Å². The third-order valence-electron chi connectivity index (χ3n) is 2.67. The quantitative estimate of drug-likeness (QED) is 0.718. The summed E-state index contributed by atoms with van der Waals surface area (Å²) in [6, 6.07) is 5.60. The number of hydrogen-bond donors (Lipinski definition) is 2. The SMILES string of the molecule is CC(=O)Cc1ccc(OC(=O)SC[C@@H](NC(C)=O)C(N)=O)cc1. The van der Waals surface area contributed by atoms with Crippen LogP contribution in [0.4, 0.5) is 4.79 Å². The van der Waals surface area contributed by atoms with Crippen molar-refractivity contribution in [2.45, 2.75) is 26.3 Å². The van der Waals surface area contributed by atoms with E-state index in [4.69, 9.17) is 10.5 Å². The molecule has 1 aromatic carbocycles. The van der Waals surface area contributed by atoms with E-state index < -0.39 is 23.2 Å². The summed E-state index contributed by atoms with van der Waals surface area (Å²) in [7, 11) is 0. The van der Waals surface area contributed by atoms with Gasteiger partial charge >= 0.3 is 5.30 Å². The highest BCUT2D eigenvalue weighted by Crippen LogP contribution is 2.17. The predicted octanol–water partition coefficient (Wildman–Crippen LogP) is 1.04. The number of benzene rings is 1. The third-order valence-corrected chi connectivity index (χ3v) is 3.49. The van der Waals surface area contributed by atoms with Crippen LogP contribution in [0.5, 0.6) is 5.75 Å². The average molecular weight is 338 g/mol. The normalized spacial score (nSPS) is 11.4. The van der Waals surface area contributed by atoms with E-state index in [1.807, 2.05) is 0 Å². The molecule has 0 aliphatic heterocycles. The molecule has 23 heavy (non-hydrogen) atoms. The lowest BCUT2D eigenvalue weighted by Gasteiger charge is -2.13. The first-order valence-electron chi connectivity index (χ1n) is 6.77. The Morgan fingerprint density at radius 1 is 1.17 bits per heavy atom. The molecule has 1 aromatic rings. The van der Waals surface area contributed by atoms with Crippen LogP contribution in [0.2, 0.25) is 0 Å². The van der Waals surface area contributed by atoms with Gasteiger partial charge in [0.2, 0.25) is 11.8 Å². The molecular weight excluding hydrogens is 320 g/mol. The van der Waals surface area contributed by atoms with Crippen molar-refractivity contribution in [1.29, 1.82) is 0 Å². The molecule has 0 aromatic heterocycles. The Morgan fingerprint density at radius 3 is 2.26 bits per heavy atom. The number of thioether (sulfide) groups is 1. The fraction of sp³-hybridized carbons (Fsp3) is 0.333. The van der Waals surface area contributed by atoms with Crippen LogP contribution in [-0.4, -0.2) is 34.7 Å². The Bertz CT molecular complexity index is 600. The van der Waals surface area contributed by atoms with Gasteiger partial charge in [-0.05, 0) is 36.4 Å². The van der Waals surface area contributed by atoms with E-state index >= 15 is 0 Å². The summed E-state index contributed by atoms with van der Waals surface area (Å²) in [4.78, 5) is 44.8.